The van der Waals surface area contributed by atoms with Gasteiger partial charge in [0.05, 0.1) is 36.5 Å². The third-order valence-electron chi connectivity index (χ3n) is 9.06. The van der Waals surface area contributed by atoms with E-state index in [-0.39, 0.29) is 18.2 Å². The number of likely N-dealkylation sites (tertiary alicyclic amines) is 1. The van der Waals surface area contributed by atoms with Crippen LogP contribution in [0.25, 0.3) is 22.0 Å². The average Bonchev–Trinajstić information content (AvgIpc) is 3.62. The Balaban J connectivity index is 1.21. The fourth-order valence-electron chi connectivity index (χ4n) is 6.85. The van der Waals surface area contributed by atoms with E-state index in [4.69, 9.17) is 14.2 Å². The number of amides is 1. The van der Waals surface area contributed by atoms with E-state index in [1.54, 1.807) is 23.5 Å². The van der Waals surface area contributed by atoms with Gasteiger partial charge >= 0.3 is 0 Å². The van der Waals surface area contributed by atoms with E-state index in [1.807, 2.05) is 24.9 Å². The van der Waals surface area contributed by atoms with Crippen LogP contribution in [-0.4, -0.2) is 76.7 Å². The lowest BCUT2D eigenvalue weighted by Gasteiger charge is -2.46. The molecular formula is C33H41FN4O4. The van der Waals surface area contributed by atoms with Crippen LogP contribution in [0.3, 0.4) is 0 Å². The maximum atomic E-state index is 14.5. The zero-order valence-electron chi connectivity index (χ0n) is 25.0. The van der Waals surface area contributed by atoms with E-state index in [2.05, 4.69) is 36.0 Å². The van der Waals surface area contributed by atoms with Gasteiger partial charge in [-0.25, -0.2) is 4.39 Å². The molecule has 3 aliphatic rings. The molecule has 1 amide bonds. The lowest BCUT2D eigenvalue weighted by atomic mass is 9.85. The van der Waals surface area contributed by atoms with Crippen molar-refractivity contribution in [1.82, 2.24) is 19.6 Å². The summed E-state index contributed by atoms with van der Waals surface area (Å²) in [5, 5.41) is 5.59. The van der Waals surface area contributed by atoms with Gasteiger partial charge in [-0.2, -0.15) is 5.10 Å². The predicted octanol–water partition coefficient (Wildman–Crippen LogP) is 5.36. The maximum Gasteiger partial charge on any atom is 0.254 e. The molecule has 0 N–H and O–H groups in total. The lowest BCUT2D eigenvalue weighted by molar-refractivity contribution is -0.0432. The van der Waals surface area contributed by atoms with Gasteiger partial charge in [-0.3, -0.25) is 14.4 Å². The van der Waals surface area contributed by atoms with Gasteiger partial charge in [0.1, 0.15) is 18.3 Å². The highest BCUT2D eigenvalue weighted by Gasteiger charge is 2.35. The fraction of sp³-hybridized carbons (Fsp3) is 0.515. The summed E-state index contributed by atoms with van der Waals surface area (Å²) in [6.45, 7) is 10.1. The van der Waals surface area contributed by atoms with Crippen molar-refractivity contribution in [3.05, 3.63) is 66.0 Å². The number of rotatable bonds is 9. The van der Waals surface area contributed by atoms with Crippen molar-refractivity contribution in [1.29, 1.82) is 0 Å². The molecule has 0 radical (unpaired) electrons. The second-order valence-corrected chi connectivity index (χ2v) is 12.3. The molecule has 0 spiro atoms. The van der Waals surface area contributed by atoms with Gasteiger partial charge in [0.15, 0.2) is 0 Å². The third-order valence-corrected chi connectivity index (χ3v) is 9.06. The molecule has 1 aromatic heterocycles. The molecule has 2 aromatic carbocycles. The molecule has 0 bridgehead atoms. The highest BCUT2D eigenvalue weighted by molar-refractivity contribution is 6.06. The second-order valence-electron chi connectivity index (χ2n) is 12.3. The Morgan fingerprint density at radius 2 is 1.88 bits per heavy atom. The smallest absolute Gasteiger partial charge is 0.254 e. The first-order valence-corrected chi connectivity index (χ1v) is 15.1. The largest absolute Gasteiger partial charge is 0.459 e. The van der Waals surface area contributed by atoms with E-state index in [9.17, 15) is 9.18 Å². The first-order valence-electron chi connectivity index (χ1n) is 15.1. The van der Waals surface area contributed by atoms with Crippen molar-refractivity contribution in [3.63, 3.8) is 0 Å². The molecule has 224 valence electrons. The minimum absolute atomic E-state index is 0.0677. The van der Waals surface area contributed by atoms with Crippen LogP contribution in [0.15, 0.2) is 49.1 Å². The van der Waals surface area contributed by atoms with E-state index < -0.39 is 5.82 Å². The third kappa shape index (κ3) is 5.64. The molecule has 42 heavy (non-hydrogen) atoms. The van der Waals surface area contributed by atoms with Gasteiger partial charge in [-0.05, 0) is 60.4 Å². The molecule has 3 aromatic rings. The molecule has 9 heteroatoms. The second kappa shape index (κ2) is 12.1. The number of hydrogen-bond donors (Lipinski definition) is 0. The highest BCUT2D eigenvalue weighted by atomic mass is 19.1. The predicted molar refractivity (Wildman–Crippen MR) is 159 cm³/mol. The van der Waals surface area contributed by atoms with Crippen LogP contribution in [0, 0.1) is 17.7 Å². The number of halogens is 1. The lowest BCUT2D eigenvalue weighted by Crippen LogP contribution is -2.54. The molecule has 4 heterocycles. The first kappa shape index (κ1) is 28.7. The number of aromatic nitrogens is 2. The Morgan fingerprint density at radius 1 is 1.12 bits per heavy atom. The molecular weight excluding hydrogens is 535 g/mol. The SMILES string of the molecule is CC(C)[C@H](CCC1OC=CO1)N1CC(Cc2ccc(-c3ccc(F)cc3C(=O)N3CCOC[C@H]3C)c3cnn(C)c23)C1. The summed E-state index contributed by atoms with van der Waals surface area (Å²) in [7, 11) is 1.96. The Labute approximate surface area is 247 Å². The Kier molecular flexibility index (Phi) is 8.23. The van der Waals surface area contributed by atoms with E-state index in [0.29, 0.717) is 43.2 Å². The normalized spacial score (nSPS) is 20.6. The number of nitrogens with zero attached hydrogens (tertiary/aromatic N) is 4. The molecule has 2 saturated heterocycles. The monoisotopic (exact) mass is 576 g/mol. The molecule has 0 saturated carbocycles. The molecule has 8 nitrogen and oxygen atoms in total. The average molecular weight is 577 g/mol. The molecule has 0 unspecified atom stereocenters. The van der Waals surface area contributed by atoms with Gasteiger partial charge < -0.3 is 19.1 Å². The number of carbonyl (C=O) groups is 1. The van der Waals surface area contributed by atoms with Crippen molar-refractivity contribution in [2.24, 2.45) is 18.9 Å². The zero-order chi connectivity index (χ0) is 29.4. The number of aryl methyl sites for hydroxylation is 1. The van der Waals surface area contributed by atoms with Crippen molar-refractivity contribution in [2.75, 3.05) is 32.8 Å². The number of benzene rings is 2. The summed E-state index contributed by atoms with van der Waals surface area (Å²) < 4.78 is 32.9. The van der Waals surface area contributed by atoms with Crippen molar-refractivity contribution >= 4 is 16.8 Å². The Bertz CT molecular complexity index is 1460. The van der Waals surface area contributed by atoms with Crippen LogP contribution in [0.1, 0.15) is 49.5 Å². The van der Waals surface area contributed by atoms with E-state index in [1.165, 1.54) is 17.7 Å². The van der Waals surface area contributed by atoms with Crippen LogP contribution in [0.2, 0.25) is 0 Å². The van der Waals surface area contributed by atoms with Gasteiger partial charge in [0, 0.05) is 44.5 Å². The van der Waals surface area contributed by atoms with E-state index in [0.717, 1.165) is 54.4 Å². The van der Waals surface area contributed by atoms with Crippen molar-refractivity contribution in [3.8, 4) is 11.1 Å². The van der Waals surface area contributed by atoms with Crippen LogP contribution < -0.4 is 0 Å². The fourth-order valence-corrected chi connectivity index (χ4v) is 6.85. The zero-order valence-corrected chi connectivity index (χ0v) is 25.0. The number of hydrogen-bond acceptors (Lipinski definition) is 6. The summed E-state index contributed by atoms with van der Waals surface area (Å²) in [5.74, 6) is 0.521. The number of carbonyl (C=O) groups excluding carboxylic acids is 1. The summed E-state index contributed by atoms with van der Waals surface area (Å²) >= 11 is 0. The van der Waals surface area contributed by atoms with Crippen molar-refractivity contribution < 1.29 is 23.4 Å². The molecule has 0 aliphatic carbocycles. The van der Waals surface area contributed by atoms with Crippen LogP contribution in [-0.2, 0) is 27.7 Å². The van der Waals surface area contributed by atoms with Gasteiger partial charge in [0.2, 0.25) is 6.29 Å². The number of ether oxygens (including phenoxy) is 3. The summed E-state index contributed by atoms with van der Waals surface area (Å²) in [6, 6.07) is 9.20. The van der Waals surface area contributed by atoms with Gasteiger partial charge in [0.25, 0.3) is 5.91 Å². The summed E-state index contributed by atoms with van der Waals surface area (Å²) in [5.41, 5.74) is 4.31. The Morgan fingerprint density at radius 3 is 2.62 bits per heavy atom. The molecule has 2 fully saturated rings. The number of morpholine rings is 1. The summed E-state index contributed by atoms with van der Waals surface area (Å²) in [4.78, 5) is 18.1. The van der Waals surface area contributed by atoms with Crippen LogP contribution >= 0.6 is 0 Å². The highest BCUT2D eigenvalue weighted by Crippen LogP contribution is 2.36. The first-order chi connectivity index (χ1) is 20.3. The van der Waals surface area contributed by atoms with Gasteiger partial charge in [-0.1, -0.05) is 32.0 Å². The van der Waals surface area contributed by atoms with Gasteiger partial charge in [-0.15, -0.1) is 0 Å². The molecule has 2 atom stereocenters. The minimum atomic E-state index is -0.420. The molecule has 6 rings (SSSR count). The standard InChI is InChI=1S/C33H41FN4O4/c1-21(2)30(9-10-31-41-13-14-42-31)37-18-23(19-37)15-24-5-7-27(29-17-35-36(4)32(24)29)26-8-6-25(34)16-28(26)33(39)38-11-12-40-20-22(38)3/h5-8,13-14,16-17,21-23,30-31H,9-12,15,18-20H2,1-4H3/t22-,30+/m1/s1. The van der Waals surface area contributed by atoms with E-state index >= 15 is 0 Å². The Hall–Kier alpha value is -3.43. The molecule has 3 aliphatic heterocycles. The topological polar surface area (TPSA) is 69.1 Å². The minimum Gasteiger partial charge on any atom is -0.459 e. The van der Waals surface area contributed by atoms with Crippen LogP contribution in [0.5, 0.6) is 0 Å². The van der Waals surface area contributed by atoms with Crippen molar-refractivity contribution in [2.45, 2.75) is 58.4 Å². The number of fused-ring (bicyclic) bond motifs is 1. The quantitative estimate of drug-likeness (QED) is 0.342. The van der Waals surface area contributed by atoms with Crippen LogP contribution in [0.4, 0.5) is 4.39 Å². The maximum absolute atomic E-state index is 14.5. The summed E-state index contributed by atoms with van der Waals surface area (Å²) in [6.07, 6.45) is 7.83.